The molecule has 0 aliphatic heterocycles. The quantitative estimate of drug-likeness (QED) is 0.564. The molecule has 0 amide bonds. The number of carboxylic acid groups (broad SMARTS) is 1. The van der Waals surface area contributed by atoms with Gasteiger partial charge in [-0.05, 0) is 24.1 Å². The number of hydrogen-bond acceptors (Lipinski definition) is 5. The van der Waals surface area contributed by atoms with Crippen molar-refractivity contribution in [1.29, 1.82) is 10.8 Å². The monoisotopic (exact) mass is 272 g/mol. The van der Waals surface area contributed by atoms with Gasteiger partial charge in [-0.3, -0.25) is 0 Å². The Hall–Kier alpha value is -2.26. The van der Waals surface area contributed by atoms with Gasteiger partial charge in [0.15, 0.2) is 0 Å². The maximum absolute atomic E-state index is 10.5. The van der Waals surface area contributed by atoms with Crippen molar-refractivity contribution >= 4 is 30.5 Å². The predicted octanol–water partition coefficient (Wildman–Crippen LogP) is 2.17. The summed E-state index contributed by atoms with van der Waals surface area (Å²) < 4.78 is 0. The highest BCUT2D eigenvalue weighted by Crippen LogP contribution is 2.05. The average molecular weight is 273 g/mol. The molecule has 0 saturated heterocycles. The molecule has 98 valence electrons. The number of isocyanates is 2. The number of nitrogens with one attached hydrogen (secondary N) is 2. The molecule has 0 aliphatic rings. The third kappa shape index (κ3) is 11.8. The summed E-state index contributed by atoms with van der Waals surface area (Å²) in [4.78, 5) is 27.2. The molecule has 6 nitrogen and oxygen atoms in total. The van der Waals surface area contributed by atoms with Crippen LogP contribution in [0.1, 0.15) is 22.8 Å². The SMILES string of the molecule is CCc1cccc(C(=O)O)c1.Cl.N=C=O.N=C=O. The topological polar surface area (TPSA) is 119 Å². The van der Waals surface area contributed by atoms with Crippen LogP contribution >= 0.6 is 12.4 Å². The van der Waals surface area contributed by atoms with Crippen LogP contribution in [0.3, 0.4) is 0 Å². The molecule has 0 atom stereocenters. The molecule has 0 aromatic heterocycles. The number of halogens is 1. The van der Waals surface area contributed by atoms with E-state index >= 15 is 0 Å². The lowest BCUT2D eigenvalue weighted by atomic mass is 10.1. The fourth-order valence-corrected chi connectivity index (χ4v) is 0.924. The second-order valence-electron chi connectivity index (χ2n) is 2.56. The lowest BCUT2D eigenvalue weighted by Crippen LogP contribution is -1.96. The van der Waals surface area contributed by atoms with E-state index in [-0.39, 0.29) is 12.4 Å². The fourth-order valence-electron chi connectivity index (χ4n) is 0.924. The first-order chi connectivity index (χ1) is 8.06. The zero-order valence-corrected chi connectivity index (χ0v) is 10.4. The summed E-state index contributed by atoms with van der Waals surface area (Å²) in [5.74, 6) is -0.861. The van der Waals surface area contributed by atoms with E-state index in [9.17, 15) is 4.79 Å². The molecule has 0 radical (unpaired) electrons. The van der Waals surface area contributed by atoms with E-state index in [1.165, 1.54) is 0 Å². The smallest absolute Gasteiger partial charge is 0.335 e. The Bertz CT molecular complexity index is 411. The van der Waals surface area contributed by atoms with Crippen LogP contribution in [0.4, 0.5) is 0 Å². The number of rotatable bonds is 2. The van der Waals surface area contributed by atoms with E-state index in [0.29, 0.717) is 5.56 Å². The summed E-state index contributed by atoms with van der Waals surface area (Å²) in [6, 6.07) is 6.98. The largest absolute Gasteiger partial charge is 0.478 e. The molecule has 1 aromatic rings. The standard InChI is InChI=1S/C9H10O2.2CHNO.ClH/c1-2-7-4-3-5-8(6-7)9(10)11;2*2-1-3;/h3-6H,2H2,1H3,(H,10,11);2*2H;1H. The minimum absolute atomic E-state index is 0. The van der Waals surface area contributed by atoms with Crippen LogP contribution in [0.25, 0.3) is 0 Å². The lowest BCUT2D eigenvalue weighted by molar-refractivity contribution is 0.0696. The minimum atomic E-state index is -0.861. The highest BCUT2D eigenvalue weighted by atomic mass is 35.5. The summed E-state index contributed by atoms with van der Waals surface area (Å²) in [6.45, 7) is 2.00. The fraction of sp³-hybridized carbons (Fsp3) is 0.182. The van der Waals surface area contributed by atoms with Crippen LogP contribution in [-0.4, -0.2) is 23.2 Å². The van der Waals surface area contributed by atoms with Crippen molar-refractivity contribution < 1.29 is 19.5 Å². The van der Waals surface area contributed by atoms with E-state index in [1.54, 1.807) is 18.2 Å². The molecule has 18 heavy (non-hydrogen) atoms. The molecule has 3 N–H and O–H groups in total. The van der Waals surface area contributed by atoms with E-state index < -0.39 is 5.97 Å². The van der Waals surface area contributed by atoms with Crippen molar-refractivity contribution in [2.75, 3.05) is 0 Å². The van der Waals surface area contributed by atoms with E-state index in [2.05, 4.69) is 0 Å². The molecular weight excluding hydrogens is 260 g/mol. The number of benzene rings is 1. The maximum Gasteiger partial charge on any atom is 0.335 e. The van der Waals surface area contributed by atoms with Gasteiger partial charge in [0.05, 0.1) is 5.56 Å². The normalized spacial score (nSPS) is 6.72. The Balaban J connectivity index is -0.000000276. The number of aromatic carboxylic acids is 1. The molecule has 0 aliphatic carbocycles. The van der Waals surface area contributed by atoms with Gasteiger partial charge < -0.3 is 5.11 Å². The lowest BCUT2D eigenvalue weighted by Gasteiger charge is -1.97. The van der Waals surface area contributed by atoms with E-state index in [0.717, 1.165) is 24.1 Å². The average Bonchev–Trinajstić information content (AvgIpc) is 2.31. The van der Waals surface area contributed by atoms with Crippen molar-refractivity contribution in [3.63, 3.8) is 0 Å². The van der Waals surface area contributed by atoms with Crippen LogP contribution < -0.4 is 0 Å². The van der Waals surface area contributed by atoms with E-state index in [4.69, 9.17) is 25.5 Å². The second kappa shape index (κ2) is 14.7. The van der Waals surface area contributed by atoms with Crippen LogP contribution in [0.5, 0.6) is 0 Å². The van der Waals surface area contributed by atoms with Gasteiger partial charge in [-0.2, -0.15) is 0 Å². The first-order valence-electron chi connectivity index (χ1n) is 4.47. The number of aryl methyl sites for hydroxylation is 1. The van der Waals surface area contributed by atoms with Gasteiger partial charge in [-0.1, -0.05) is 19.1 Å². The van der Waals surface area contributed by atoms with Gasteiger partial charge in [0.1, 0.15) is 0 Å². The molecule has 0 fully saturated rings. The van der Waals surface area contributed by atoms with Crippen LogP contribution in [0.2, 0.25) is 0 Å². The molecule has 0 unspecified atom stereocenters. The zero-order chi connectivity index (χ0) is 13.7. The van der Waals surface area contributed by atoms with Gasteiger partial charge in [-0.25, -0.2) is 25.2 Å². The first kappa shape index (κ1) is 21.1. The van der Waals surface area contributed by atoms with Crippen LogP contribution in [0, 0.1) is 10.8 Å². The Labute approximate surface area is 110 Å². The molecule has 1 aromatic carbocycles. The summed E-state index contributed by atoms with van der Waals surface area (Å²) in [6.07, 6.45) is 2.38. The van der Waals surface area contributed by atoms with Gasteiger partial charge in [0.2, 0.25) is 12.2 Å². The van der Waals surface area contributed by atoms with Gasteiger partial charge >= 0.3 is 5.97 Å². The van der Waals surface area contributed by atoms with E-state index in [1.807, 2.05) is 13.0 Å². The van der Waals surface area contributed by atoms with Crippen molar-refractivity contribution in [2.45, 2.75) is 13.3 Å². The van der Waals surface area contributed by atoms with Gasteiger partial charge in [-0.15, -0.1) is 12.4 Å². The molecule has 0 spiro atoms. The second-order valence-corrected chi connectivity index (χ2v) is 2.56. The summed E-state index contributed by atoms with van der Waals surface area (Å²) in [5, 5.41) is 19.4. The summed E-state index contributed by atoms with van der Waals surface area (Å²) in [5.41, 5.74) is 1.43. The van der Waals surface area contributed by atoms with Gasteiger partial charge in [0, 0.05) is 0 Å². The molecule has 1 rings (SSSR count). The van der Waals surface area contributed by atoms with Gasteiger partial charge in [0.25, 0.3) is 0 Å². The summed E-state index contributed by atoms with van der Waals surface area (Å²) >= 11 is 0. The summed E-state index contributed by atoms with van der Waals surface area (Å²) in [7, 11) is 0. The predicted molar refractivity (Wildman–Crippen MR) is 66.9 cm³/mol. The molecule has 0 heterocycles. The Morgan fingerprint density at radius 2 is 1.72 bits per heavy atom. The third-order valence-corrected chi connectivity index (χ3v) is 1.58. The Morgan fingerprint density at radius 1 is 1.28 bits per heavy atom. The molecular formula is C11H13ClN2O4. The van der Waals surface area contributed by atoms with Crippen LogP contribution in [0.15, 0.2) is 24.3 Å². The molecule has 7 heteroatoms. The Kier molecular flexibility index (Phi) is 17.3. The van der Waals surface area contributed by atoms with Crippen molar-refractivity contribution in [3.8, 4) is 0 Å². The number of hydrogen-bond donors (Lipinski definition) is 3. The minimum Gasteiger partial charge on any atom is -0.478 e. The van der Waals surface area contributed by atoms with Crippen LogP contribution in [-0.2, 0) is 16.0 Å². The highest BCUT2D eigenvalue weighted by Gasteiger charge is 2.00. The number of carbonyl (C=O) groups is 1. The van der Waals surface area contributed by atoms with Crippen molar-refractivity contribution in [2.24, 2.45) is 0 Å². The zero-order valence-electron chi connectivity index (χ0n) is 9.60. The molecule has 0 bridgehead atoms. The number of carboxylic acids is 1. The Morgan fingerprint density at radius 3 is 2.06 bits per heavy atom. The third-order valence-electron chi connectivity index (χ3n) is 1.58. The van der Waals surface area contributed by atoms with Crippen molar-refractivity contribution in [3.05, 3.63) is 35.4 Å². The maximum atomic E-state index is 10.5. The van der Waals surface area contributed by atoms with Crippen molar-refractivity contribution in [1.82, 2.24) is 0 Å². The molecule has 0 saturated carbocycles. The first-order valence-corrected chi connectivity index (χ1v) is 4.47. The number of carbonyl (C=O) groups excluding carboxylic acids is 2. The highest BCUT2D eigenvalue weighted by molar-refractivity contribution is 5.87.